The number of phenols is 1. The molecule has 1 saturated carbocycles. The lowest BCUT2D eigenvalue weighted by molar-refractivity contribution is -0.0172. The van der Waals surface area contributed by atoms with E-state index in [4.69, 9.17) is 9.47 Å². The van der Waals surface area contributed by atoms with Gasteiger partial charge in [0.15, 0.2) is 11.5 Å². The monoisotopic (exact) mass is 301 g/mol. The highest BCUT2D eigenvalue weighted by Crippen LogP contribution is 2.64. The number of rotatable bonds is 1. The normalized spacial score (nSPS) is 40.8. The first-order chi connectivity index (χ1) is 10.6. The largest absolute Gasteiger partial charge is 0.508 e. The van der Waals surface area contributed by atoms with Gasteiger partial charge in [-0.15, -0.1) is 0 Å². The molecule has 2 N–H and O–H groups in total. The molecule has 1 aromatic rings. The van der Waals surface area contributed by atoms with E-state index < -0.39 is 0 Å². The van der Waals surface area contributed by atoms with Gasteiger partial charge in [0, 0.05) is 28.7 Å². The molecule has 118 valence electrons. The molecule has 0 amide bonds. The number of piperidine rings is 1. The highest BCUT2D eigenvalue weighted by atomic mass is 16.5. The van der Waals surface area contributed by atoms with Crippen molar-refractivity contribution < 1.29 is 14.6 Å². The summed E-state index contributed by atoms with van der Waals surface area (Å²) in [6.07, 6.45) is 4.64. The van der Waals surface area contributed by atoms with E-state index in [0.29, 0.717) is 29.4 Å². The lowest BCUT2D eigenvalue weighted by Gasteiger charge is -2.56. The van der Waals surface area contributed by atoms with Crippen molar-refractivity contribution in [1.29, 1.82) is 0 Å². The molecular formula is C18H23NO3. The third-order valence-corrected chi connectivity index (χ3v) is 6.64. The number of nitrogens with one attached hydrogen (secondary N) is 1. The molecule has 22 heavy (non-hydrogen) atoms. The number of methoxy groups -OCH3 is 1. The van der Waals surface area contributed by atoms with Gasteiger partial charge in [0.1, 0.15) is 11.9 Å². The number of hydrogen-bond donors (Lipinski definition) is 2. The van der Waals surface area contributed by atoms with Crippen molar-refractivity contribution >= 4 is 0 Å². The van der Waals surface area contributed by atoms with E-state index in [1.165, 1.54) is 12.0 Å². The zero-order valence-electron chi connectivity index (χ0n) is 13.2. The second-order valence-electron chi connectivity index (χ2n) is 7.63. The van der Waals surface area contributed by atoms with Gasteiger partial charge < -0.3 is 19.9 Å². The molecule has 2 unspecified atom stereocenters. The molecule has 2 heterocycles. The minimum atomic E-state index is 0.0946. The zero-order valence-corrected chi connectivity index (χ0v) is 13.2. The van der Waals surface area contributed by atoms with E-state index in [2.05, 4.69) is 12.2 Å². The van der Waals surface area contributed by atoms with Crippen LogP contribution < -0.4 is 14.8 Å². The maximum absolute atomic E-state index is 10.5. The molecular weight excluding hydrogens is 278 g/mol. The SMILES string of the molecule is COc1cc(O)c2c3c1OC1CC(C)C[C@H]4[C@@H](C2)NCC[C@]314. The summed E-state index contributed by atoms with van der Waals surface area (Å²) in [5, 5.41) is 14.2. The van der Waals surface area contributed by atoms with Crippen molar-refractivity contribution in [3.05, 3.63) is 17.2 Å². The minimum absolute atomic E-state index is 0.0946. The third kappa shape index (κ3) is 1.34. The Hall–Kier alpha value is -1.42. The third-order valence-electron chi connectivity index (χ3n) is 6.64. The second kappa shape index (κ2) is 4.10. The first-order valence-electron chi connectivity index (χ1n) is 8.48. The Morgan fingerprint density at radius 1 is 1.41 bits per heavy atom. The Labute approximate surface area is 130 Å². The molecule has 4 nitrogen and oxygen atoms in total. The molecule has 0 radical (unpaired) electrons. The van der Waals surface area contributed by atoms with Gasteiger partial charge in [0.05, 0.1) is 7.11 Å². The van der Waals surface area contributed by atoms with E-state index in [-0.39, 0.29) is 11.5 Å². The average molecular weight is 301 g/mol. The summed E-state index contributed by atoms with van der Waals surface area (Å²) >= 11 is 0. The van der Waals surface area contributed by atoms with E-state index >= 15 is 0 Å². The quantitative estimate of drug-likeness (QED) is 0.836. The molecule has 4 aliphatic rings. The van der Waals surface area contributed by atoms with Crippen LogP contribution in [-0.2, 0) is 11.8 Å². The van der Waals surface area contributed by atoms with Crippen LogP contribution in [-0.4, -0.2) is 30.9 Å². The number of ether oxygens (including phenoxy) is 2. The summed E-state index contributed by atoms with van der Waals surface area (Å²) in [5.74, 6) is 3.31. The van der Waals surface area contributed by atoms with Crippen LogP contribution in [0.2, 0.25) is 0 Å². The van der Waals surface area contributed by atoms with Gasteiger partial charge in [-0.25, -0.2) is 0 Å². The lowest BCUT2D eigenvalue weighted by atomic mass is 9.51. The summed E-state index contributed by atoms with van der Waals surface area (Å²) in [7, 11) is 1.66. The molecule has 5 rings (SSSR count). The van der Waals surface area contributed by atoms with Gasteiger partial charge in [0.25, 0.3) is 0 Å². The highest BCUT2D eigenvalue weighted by molar-refractivity contribution is 5.65. The second-order valence-corrected chi connectivity index (χ2v) is 7.63. The van der Waals surface area contributed by atoms with Crippen LogP contribution >= 0.6 is 0 Å². The number of aromatic hydroxyl groups is 1. The van der Waals surface area contributed by atoms with Crippen LogP contribution in [0.25, 0.3) is 0 Å². The minimum Gasteiger partial charge on any atom is -0.508 e. The van der Waals surface area contributed by atoms with Crippen molar-refractivity contribution in [2.45, 2.75) is 50.2 Å². The van der Waals surface area contributed by atoms with E-state index in [0.717, 1.165) is 37.1 Å². The van der Waals surface area contributed by atoms with Crippen molar-refractivity contribution in [2.75, 3.05) is 13.7 Å². The Morgan fingerprint density at radius 2 is 2.27 bits per heavy atom. The van der Waals surface area contributed by atoms with Gasteiger partial charge >= 0.3 is 0 Å². The Morgan fingerprint density at radius 3 is 3.09 bits per heavy atom. The first-order valence-corrected chi connectivity index (χ1v) is 8.48. The molecule has 5 atom stereocenters. The standard InChI is InChI=1S/C18H23NO3/c1-9-5-11-12-7-10-13(20)8-14(21-2)17-16(10)18(11,3-4-19-12)15(6-9)22-17/h8-9,11-12,15,19-20H,3-7H2,1-2H3/t9?,11-,12+,15?,18+/m0/s1. The smallest absolute Gasteiger partial charge is 0.166 e. The molecule has 1 spiro atoms. The van der Waals surface area contributed by atoms with Crippen LogP contribution in [0.5, 0.6) is 17.2 Å². The molecule has 1 aromatic carbocycles. The fourth-order valence-corrected chi connectivity index (χ4v) is 5.86. The maximum Gasteiger partial charge on any atom is 0.166 e. The zero-order chi connectivity index (χ0) is 15.1. The summed E-state index contributed by atoms with van der Waals surface area (Å²) in [4.78, 5) is 0. The summed E-state index contributed by atoms with van der Waals surface area (Å²) in [5.41, 5.74) is 2.47. The Balaban J connectivity index is 1.81. The van der Waals surface area contributed by atoms with Crippen molar-refractivity contribution in [2.24, 2.45) is 11.8 Å². The first kappa shape index (κ1) is 13.1. The molecule has 0 aromatic heterocycles. The van der Waals surface area contributed by atoms with Crippen molar-refractivity contribution in [1.82, 2.24) is 5.32 Å². The van der Waals surface area contributed by atoms with Gasteiger partial charge in [0.2, 0.25) is 0 Å². The fraction of sp³-hybridized carbons (Fsp3) is 0.667. The number of phenolic OH excluding ortho intramolecular Hbond substituents is 1. The molecule has 2 aliphatic carbocycles. The molecule has 2 aliphatic heterocycles. The van der Waals surface area contributed by atoms with Crippen LogP contribution in [0, 0.1) is 11.8 Å². The van der Waals surface area contributed by atoms with Crippen LogP contribution in [0.15, 0.2) is 6.07 Å². The van der Waals surface area contributed by atoms with Gasteiger partial charge in [-0.2, -0.15) is 0 Å². The van der Waals surface area contributed by atoms with Gasteiger partial charge in [-0.3, -0.25) is 0 Å². The van der Waals surface area contributed by atoms with E-state index in [9.17, 15) is 5.11 Å². The van der Waals surface area contributed by atoms with Gasteiger partial charge in [-0.05, 0) is 44.1 Å². The lowest BCUT2D eigenvalue weighted by Crippen LogP contribution is -2.64. The topological polar surface area (TPSA) is 50.7 Å². The summed E-state index contributed by atoms with van der Waals surface area (Å²) in [6, 6.07) is 2.21. The van der Waals surface area contributed by atoms with Crippen LogP contribution in [0.3, 0.4) is 0 Å². The van der Waals surface area contributed by atoms with Crippen LogP contribution in [0.1, 0.15) is 37.3 Å². The van der Waals surface area contributed by atoms with E-state index in [1.807, 2.05) is 0 Å². The highest BCUT2D eigenvalue weighted by Gasteiger charge is 2.63. The Kier molecular flexibility index (Phi) is 2.44. The molecule has 2 bridgehead atoms. The summed E-state index contributed by atoms with van der Waals surface area (Å²) < 4.78 is 12.0. The maximum atomic E-state index is 10.5. The molecule has 4 heteroatoms. The van der Waals surface area contributed by atoms with E-state index in [1.54, 1.807) is 13.2 Å². The predicted octanol–water partition coefficient (Wildman–Crippen LogP) is 2.36. The molecule has 1 saturated heterocycles. The van der Waals surface area contributed by atoms with Crippen molar-refractivity contribution in [3.63, 3.8) is 0 Å². The number of hydrogen-bond acceptors (Lipinski definition) is 4. The van der Waals surface area contributed by atoms with Gasteiger partial charge in [-0.1, -0.05) is 6.92 Å². The number of benzene rings is 1. The predicted molar refractivity (Wildman–Crippen MR) is 82.8 cm³/mol. The fourth-order valence-electron chi connectivity index (χ4n) is 5.86. The summed E-state index contributed by atoms with van der Waals surface area (Å²) in [6.45, 7) is 3.39. The molecule has 2 fully saturated rings. The van der Waals surface area contributed by atoms with Crippen LogP contribution in [0.4, 0.5) is 0 Å². The Bertz CT molecular complexity index is 658. The van der Waals surface area contributed by atoms with Crippen molar-refractivity contribution in [3.8, 4) is 17.2 Å². The average Bonchev–Trinajstić information content (AvgIpc) is 2.80.